The lowest BCUT2D eigenvalue weighted by molar-refractivity contribution is 0.0993. The zero-order chi connectivity index (χ0) is 21.4. The fraction of sp³-hybridized carbons (Fsp3) is 0.143. The maximum atomic E-state index is 13.9. The van der Waals surface area contributed by atoms with Gasteiger partial charge in [-0.1, -0.05) is 17.7 Å². The lowest BCUT2D eigenvalue weighted by Crippen LogP contribution is -2.34. The molecule has 5 nitrogen and oxygen atoms in total. The molecule has 0 saturated heterocycles. The number of carbonyl (C=O) groups excluding carboxylic acids is 1. The van der Waals surface area contributed by atoms with Crippen molar-refractivity contribution in [1.82, 2.24) is 4.98 Å². The summed E-state index contributed by atoms with van der Waals surface area (Å²) in [5.74, 6) is -2.36. The number of benzene rings is 2. The van der Waals surface area contributed by atoms with Crippen LogP contribution in [0.1, 0.15) is 20.9 Å². The molecular formula is C21H16ClF2N3O2S. The number of fused-ring (bicyclic) bond motifs is 1. The van der Waals surface area contributed by atoms with Gasteiger partial charge in [0.25, 0.3) is 5.91 Å². The molecule has 0 saturated carbocycles. The molecule has 0 spiro atoms. The van der Waals surface area contributed by atoms with Crippen molar-refractivity contribution in [3.8, 4) is 0 Å². The molecule has 2 N–H and O–H groups in total. The molecule has 3 aromatic rings. The third-order valence-electron chi connectivity index (χ3n) is 4.70. The molecule has 1 aromatic heterocycles. The zero-order valence-corrected chi connectivity index (χ0v) is 17.3. The Bertz CT molecular complexity index is 1160. The highest BCUT2D eigenvalue weighted by atomic mass is 35.5. The van der Waals surface area contributed by atoms with Gasteiger partial charge in [0.05, 0.1) is 17.7 Å². The first-order valence-corrected chi connectivity index (χ1v) is 10.2. The van der Waals surface area contributed by atoms with E-state index in [2.05, 4.69) is 10.3 Å². The number of halogens is 3. The van der Waals surface area contributed by atoms with E-state index in [9.17, 15) is 18.7 Å². The molecule has 30 heavy (non-hydrogen) atoms. The van der Waals surface area contributed by atoms with Crippen molar-refractivity contribution >= 4 is 45.8 Å². The third-order valence-corrected chi connectivity index (χ3v) is 5.85. The Morgan fingerprint density at radius 2 is 2.07 bits per heavy atom. The molecular weight excluding hydrogens is 432 g/mol. The number of aromatic nitrogens is 1. The van der Waals surface area contributed by atoms with E-state index in [-0.39, 0.29) is 18.1 Å². The van der Waals surface area contributed by atoms with Crippen LogP contribution in [0.2, 0.25) is 5.02 Å². The number of rotatable bonds is 4. The van der Waals surface area contributed by atoms with Gasteiger partial charge in [-0.15, -0.1) is 11.3 Å². The number of nitrogens with one attached hydrogen (secondary N) is 1. The minimum Gasteiger partial charge on any atom is -0.370 e. The summed E-state index contributed by atoms with van der Waals surface area (Å²) in [6.07, 6.45) is 0.350. The van der Waals surface area contributed by atoms with E-state index in [1.54, 1.807) is 36.7 Å². The van der Waals surface area contributed by atoms with E-state index in [1.165, 1.54) is 22.3 Å². The summed E-state index contributed by atoms with van der Waals surface area (Å²) in [5.41, 5.74) is 3.76. The average molecular weight is 448 g/mol. The lowest BCUT2D eigenvalue weighted by Gasteiger charge is -2.29. The van der Waals surface area contributed by atoms with Crippen LogP contribution in [0.5, 0.6) is 0 Å². The predicted octanol–water partition coefficient (Wildman–Crippen LogP) is 4.86. The van der Waals surface area contributed by atoms with Gasteiger partial charge < -0.3 is 15.3 Å². The molecule has 1 aliphatic heterocycles. The number of hydrogen-bond acceptors (Lipinski definition) is 5. The molecule has 0 radical (unpaired) electrons. The molecule has 1 aliphatic rings. The van der Waals surface area contributed by atoms with Crippen LogP contribution < -0.4 is 10.2 Å². The van der Waals surface area contributed by atoms with Gasteiger partial charge >= 0.3 is 0 Å². The predicted molar refractivity (Wildman–Crippen MR) is 114 cm³/mol. The number of hydrogen-bond donors (Lipinski definition) is 2. The number of amides is 1. The topological polar surface area (TPSA) is 65.5 Å². The van der Waals surface area contributed by atoms with E-state index in [1.807, 2.05) is 0 Å². The van der Waals surface area contributed by atoms with Gasteiger partial charge in [0.15, 0.2) is 11.6 Å². The molecule has 1 unspecified atom stereocenters. The van der Waals surface area contributed by atoms with E-state index >= 15 is 0 Å². The number of nitrogens with zero attached hydrogens (tertiary/aromatic N) is 2. The molecule has 0 bridgehead atoms. The second-order valence-corrected chi connectivity index (χ2v) is 8.02. The second kappa shape index (κ2) is 8.14. The number of anilines is 2. The van der Waals surface area contributed by atoms with Gasteiger partial charge in [0, 0.05) is 28.0 Å². The molecule has 2 aromatic carbocycles. The minimum absolute atomic E-state index is 0.00727. The van der Waals surface area contributed by atoms with Crippen molar-refractivity contribution in [2.75, 3.05) is 16.8 Å². The SMILES string of the molecule is Cc1ncsc1C(=O)N(CC1=CC(O)Nc2cc(F)c(F)cc21)c1cccc(Cl)c1. The van der Waals surface area contributed by atoms with Gasteiger partial charge in [-0.25, -0.2) is 13.8 Å². The lowest BCUT2D eigenvalue weighted by atomic mass is 9.98. The zero-order valence-electron chi connectivity index (χ0n) is 15.7. The van der Waals surface area contributed by atoms with Crippen LogP contribution in [-0.2, 0) is 0 Å². The number of aliphatic hydroxyl groups is 1. The van der Waals surface area contributed by atoms with Crippen LogP contribution in [0.25, 0.3) is 5.57 Å². The van der Waals surface area contributed by atoms with Crippen LogP contribution in [0.4, 0.5) is 20.2 Å². The van der Waals surface area contributed by atoms with Crippen molar-refractivity contribution in [1.29, 1.82) is 0 Å². The Hall–Kier alpha value is -2.81. The van der Waals surface area contributed by atoms with Crippen molar-refractivity contribution in [3.05, 3.63) is 80.8 Å². The van der Waals surface area contributed by atoms with Crippen LogP contribution >= 0.6 is 22.9 Å². The quantitative estimate of drug-likeness (QED) is 0.599. The molecule has 0 aliphatic carbocycles. The van der Waals surface area contributed by atoms with Gasteiger partial charge in [-0.3, -0.25) is 4.79 Å². The molecule has 2 heterocycles. The molecule has 154 valence electrons. The molecule has 9 heteroatoms. The Labute approximate surface area is 180 Å². The molecule has 1 amide bonds. The van der Waals surface area contributed by atoms with Crippen molar-refractivity contribution < 1.29 is 18.7 Å². The summed E-state index contributed by atoms with van der Waals surface area (Å²) in [6, 6.07) is 8.80. The fourth-order valence-corrected chi connectivity index (χ4v) is 4.21. The van der Waals surface area contributed by atoms with E-state index in [0.717, 1.165) is 12.1 Å². The Morgan fingerprint density at radius 1 is 1.30 bits per heavy atom. The first-order chi connectivity index (χ1) is 14.3. The number of carbonyl (C=O) groups is 1. The average Bonchev–Trinajstić information content (AvgIpc) is 3.13. The van der Waals surface area contributed by atoms with E-state index in [4.69, 9.17) is 11.6 Å². The monoisotopic (exact) mass is 447 g/mol. The van der Waals surface area contributed by atoms with E-state index in [0.29, 0.717) is 32.4 Å². The van der Waals surface area contributed by atoms with Crippen LogP contribution in [0.3, 0.4) is 0 Å². The highest BCUT2D eigenvalue weighted by molar-refractivity contribution is 7.12. The van der Waals surface area contributed by atoms with Gasteiger partial charge in [0.2, 0.25) is 0 Å². The Balaban J connectivity index is 1.78. The first kappa shape index (κ1) is 20.5. The summed E-state index contributed by atoms with van der Waals surface area (Å²) in [7, 11) is 0. The molecule has 1 atom stereocenters. The Morgan fingerprint density at radius 3 is 2.77 bits per heavy atom. The number of aliphatic hydroxyl groups excluding tert-OH is 1. The largest absolute Gasteiger partial charge is 0.370 e. The summed E-state index contributed by atoms with van der Waals surface area (Å²) in [4.78, 5) is 19.4. The van der Waals surface area contributed by atoms with Crippen molar-refractivity contribution in [2.24, 2.45) is 0 Å². The smallest absolute Gasteiger partial charge is 0.270 e. The molecule has 0 fully saturated rings. The maximum absolute atomic E-state index is 13.9. The third kappa shape index (κ3) is 3.94. The standard InChI is InChI=1S/C21H16ClF2N3O2S/c1-11-20(30-10-25-11)21(29)27(14-4-2-3-13(22)6-14)9-12-5-19(28)26-18-8-17(24)16(23)7-15(12)18/h2-8,10,19,26,28H,9H2,1H3. The van der Waals surface area contributed by atoms with Crippen molar-refractivity contribution in [3.63, 3.8) is 0 Å². The second-order valence-electron chi connectivity index (χ2n) is 6.73. The summed E-state index contributed by atoms with van der Waals surface area (Å²) >= 11 is 7.34. The van der Waals surface area contributed by atoms with Crippen LogP contribution in [-0.4, -0.2) is 28.8 Å². The van der Waals surface area contributed by atoms with Crippen LogP contribution in [0.15, 0.2) is 48.0 Å². The highest BCUT2D eigenvalue weighted by Crippen LogP contribution is 2.34. The first-order valence-electron chi connectivity index (χ1n) is 8.95. The summed E-state index contributed by atoms with van der Waals surface area (Å²) in [6.45, 7) is 1.74. The van der Waals surface area contributed by atoms with E-state index < -0.39 is 17.9 Å². The Kier molecular flexibility index (Phi) is 5.55. The normalized spacial score (nSPS) is 15.2. The van der Waals surface area contributed by atoms with Gasteiger partial charge in [-0.05, 0) is 42.8 Å². The number of thiazole rings is 1. The minimum atomic E-state index is -1.11. The fourth-order valence-electron chi connectivity index (χ4n) is 3.28. The summed E-state index contributed by atoms with van der Waals surface area (Å²) in [5, 5.41) is 13.3. The summed E-state index contributed by atoms with van der Waals surface area (Å²) < 4.78 is 27.6. The van der Waals surface area contributed by atoms with Gasteiger partial charge in [-0.2, -0.15) is 0 Å². The maximum Gasteiger partial charge on any atom is 0.270 e. The van der Waals surface area contributed by atoms with Crippen molar-refractivity contribution in [2.45, 2.75) is 13.2 Å². The number of aryl methyl sites for hydroxylation is 1. The van der Waals surface area contributed by atoms with Gasteiger partial charge in [0.1, 0.15) is 11.1 Å². The molecule has 4 rings (SSSR count). The highest BCUT2D eigenvalue weighted by Gasteiger charge is 2.27. The van der Waals surface area contributed by atoms with Crippen LogP contribution in [0, 0.1) is 18.6 Å².